The van der Waals surface area contributed by atoms with Gasteiger partial charge in [0.05, 0.1) is 5.92 Å². The zero-order valence-electron chi connectivity index (χ0n) is 13.3. The van der Waals surface area contributed by atoms with Crippen molar-refractivity contribution in [1.29, 1.82) is 0 Å². The number of ketones is 1. The van der Waals surface area contributed by atoms with Crippen LogP contribution >= 0.6 is 0 Å². The predicted octanol–water partition coefficient (Wildman–Crippen LogP) is 3.93. The van der Waals surface area contributed by atoms with Crippen LogP contribution in [0.4, 0.5) is 0 Å². The van der Waals surface area contributed by atoms with E-state index in [4.69, 9.17) is 0 Å². The second-order valence-corrected chi connectivity index (χ2v) is 6.43. The second kappa shape index (κ2) is 6.00. The molecule has 2 rings (SSSR count). The van der Waals surface area contributed by atoms with Crippen LogP contribution in [0.15, 0.2) is 12.1 Å². The highest BCUT2D eigenvalue weighted by Crippen LogP contribution is 2.40. The molecule has 1 fully saturated rings. The second-order valence-electron chi connectivity index (χ2n) is 6.43. The monoisotopic (exact) mass is 288 g/mol. The molecule has 0 spiro atoms. The molecule has 1 saturated carbocycles. The van der Waals surface area contributed by atoms with Gasteiger partial charge in [-0.05, 0) is 50.7 Å². The maximum absolute atomic E-state index is 12.9. The molecule has 1 aliphatic carbocycles. The fraction of sp³-hybridized carbons (Fsp3) is 0.556. The molecule has 21 heavy (non-hydrogen) atoms. The summed E-state index contributed by atoms with van der Waals surface area (Å²) in [5.41, 5.74) is 3.78. The zero-order chi connectivity index (χ0) is 15.7. The molecule has 0 bridgehead atoms. The first-order valence-corrected chi connectivity index (χ1v) is 7.70. The van der Waals surface area contributed by atoms with Gasteiger partial charge in [-0.2, -0.15) is 0 Å². The summed E-state index contributed by atoms with van der Waals surface area (Å²) in [6.45, 7) is 7.96. The maximum Gasteiger partial charge on any atom is 0.307 e. The Labute approximate surface area is 126 Å². The van der Waals surface area contributed by atoms with E-state index in [1.807, 2.05) is 32.9 Å². The van der Waals surface area contributed by atoms with Crippen molar-refractivity contribution in [3.05, 3.63) is 34.4 Å². The first-order chi connectivity index (χ1) is 9.85. The molecular weight excluding hydrogens is 264 g/mol. The van der Waals surface area contributed by atoms with E-state index in [0.29, 0.717) is 18.8 Å². The standard InChI is InChI=1S/C18H24O3/c1-5-13-8-14(15(9-13)18(20)21)17(19)16-11(3)6-10(2)7-12(16)4/h6-7,13-15H,5,8-9H2,1-4H3,(H,20,21). The third kappa shape index (κ3) is 3.02. The van der Waals surface area contributed by atoms with Crippen molar-refractivity contribution in [3.8, 4) is 0 Å². The summed E-state index contributed by atoms with van der Waals surface area (Å²) in [5.74, 6) is -1.35. The van der Waals surface area contributed by atoms with E-state index in [-0.39, 0.29) is 11.7 Å². The molecule has 1 aromatic carbocycles. The Bertz CT molecular complexity index is 551. The largest absolute Gasteiger partial charge is 0.481 e. The molecule has 1 N–H and O–H groups in total. The lowest BCUT2D eigenvalue weighted by atomic mass is 9.84. The molecule has 3 heteroatoms. The van der Waals surface area contributed by atoms with Crippen LogP contribution in [0.2, 0.25) is 0 Å². The van der Waals surface area contributed by atoms with E-state index in [1.165, 1.54) is 0 Å². The summed E-state index contributed by atoms with van der Waals surface area (Å²) in [4.78, 5) is 24.4. The van der Waals surface area contributed by atoms with E-state index in [2.05, 4.69) is 6.92 Å². The zero-order valence-corrected chi connectivity index (χ0v) is 13.3. The third-order valence-electron chi connectivity index (χ3n) is 4.81. The molecule has 0 heterocycles. The Morgan fingerprint density at radius 3 is 2.10 bits per heavy atom. The highest BCUT2D eigenvalue weighted by atomic mass is 16.4. The Kier molecular flexibility index (Phi) is 4.50. The number of rotatable bonds is 4. The quantitative estimate of drug-likeness (QED) is 0.854. The summed E-state index contributed by atoms with van der Waals surface area (Å²) in [7, 11) is 0. The number of carboxylic acids is 1. The molecule has 0 aliphatic heterocycles. The summed E-state index contributed by atoms with van der Waals surface area (Å²) in [6, 6.07) is 4.00. The number of carboxylic acid groups (broad SMARTS) is 1. The van der Waals surface area contributed by atoms with Crippen molar-refractivity contribution in [2.45, 2.75) is 47.0 Å². The average molecular weight is 288 g/mol. The lowest BCUT2D eigenvalue weighted by Gasteiger charge is -2.18. The number of aliphatic carboxylic acids is 1. The van der Waals surface area contributed by atoms with Gasteiger partial charge in [0.25, 0.3) is 0 Å². The number of hydrogen-bond donors (Lipinski definition) is 1. The van der Waals surface area contributed by atoms with Crippen molar-refractivity contribution in [3.63, 3.8) is 0 Å². The Hall–Kier alpha value is -1.64. The van der Waals surface area contributed by atoms with Crippen LogP contribution in [0, 0.1) is 38.5 Å². The molecule has 0 aromatic heterocycles. The van der Waals surface area contributed by atoms with Crippen molar-refractivity contribution >= 4 is 11.8 Å². The first-order valence-electron chi connectivity index (χ1n) is 7.70. The number of Topliss-reactive ketones (excluding diaryl/α,β-unsaturated/α-hetero) is 1. The topological polar surface area (TPSA) is 54.4 Å². The first kappa shape index (κ1) is 15.7. The molecule has 114 valence electrons. The Morgan fingerprint density at radius 1 is 1.10 bits per heavy atom. The van der Waals surface area contributed by atoms with Crippen molar-refractivity contribution in [2.75, 3.05) is 0 Å². The summed E-state index contributed by atoms with van der Waals surface area (Å²) >= 11 is 0. The van der Waals surface area contributed by atoms with Crippen LogP contribution in [-0.2, 0) is 4.79 Å². The fourth-order valence-electron chi connectivity index (χ4n) is 3.79. The van der Waals surface area contributed by atoms with E-state index < -0.39 is 11.9 Å². The number of aryl methyl sites for hydroxylation is 3. The number of benzene rings is 1. The minimum atomic E-state index is -0.827. The predicted molar refractivity (Wildman–Crippen MR) is 82.6 cm³/mol. The highest BCUT2D eigenvalue weighted by molar-refractivity contribution is 6.02. The molecule has 1 aromatic rings. The molecule has 0 amide bonds. The fourth-order valence-corrected chi connectivity index (χ4v) is 3.79. The van der Waals surface area contributed by atoms with Crippen molar-refractivity contribution in [2.24, 2.45) is 17.8 Å². The normalized spacial score (nSPS) is 25.0. The maximum atomic E-state index is 12.9. The lowest BCUT2D eigenvalue weighted by Crippen LogP contribution is -2.26. The summed E-state index contributed by atoms with van der Waals surface area (Å²) < 4.78 is 0. The molecule has 3 atom stereocenters. The van der Waals surface area contributed by atoms with Crippen LogP contribution in [0.25, 0.3) is 0 Å². The molecule has 1 aliphatic rings. The van der Waals surface area contributed by atoms with Gasteiger partial charge in [-0.1, -0.05) is 31.0 Å². The van der Waals surface area contributed by atoms with Gasteiger partial charge in [0.1, 0.15) is 0 Å². The Morgan fingerprint density at radius 2 is 1.62 bits per heavy atom. The van der Waals surface area contributed by atoms with Crippen LogP contribution < -0.4 is 0 Å². The van der Waals surface area contributed by atoms with Gasteiger partial charge in [0.15, 0.2) is 5.78 Å². The van der Waals surface area contributed by atoms with Crippen LogP contribution in [0.3, 0.4) is 0 Å². The van der Waals surface area contributed by atoms with E-state index >= 15 is 0 Å². The van der Waals surface area contributed by atoms with Gasteiger partial charge in [-0.3, -0.25) is 9.59 Å². The number of carbonyl (C=O) groups excluding carboxylic acids is 1. The van der Waals surface area contributed by atoms with Gasteiger partial charge >= 0.3 is 5.97 Å². The molecule has 3 unspecified atom stereocenters. The average Bonchev–Trinajstić information content (AvgIpc) is 2.81. The Balaban J connectivity index is 2.37. The number of hydrogen-bond acceptors (Lipinski definition) is 2. The van der Waals surface area contributed by atoms with Gasteiger partial charge < -0.3 is 5.11 Å². The van der Waals surface area contributed by atoms with Gasteiger partial charge in [0, 0.05) is 11.5 Å². The molecular formula is C18H24O3. The van der Waals surface area contributed by atoms with E-state index in [9.17, 15) is 14.7 Å². The van der Waals surface area contributed by atoms with Gasteiger partial charge in [0.2, 0.25) is 0 Å². The molecule has 3 nitrogen and oxygen atoms in total. The van der Waals surface area contributed by atoms with Crippen LogP contribution in [0.1, 0.15) is 53.2 Å². The van der Waals surface area contributed by atoms with Crippen molar-refractivity contribution in [1.82, 2.24) is 0 Å². The van der Waals surface area contributed by atoms with Crippen LogP contribution in [0.5, 0.6) is 0 Å². The number of carbonyl (C=O) groups is 2. The summed E-state index contributed by atoms with van der Waals surface area (Å²) in [5, 5.41) is 9.42. The lowest BCUT2D eigenvalue weighted by molar-refractivity contribution is -0.142. The third-order valence-corrected chi connectivity index (χ3v) is 4.81. The molecule has 0 radical (unpaired) electrons. The van der Waals surface area contributed by atoms with Gasteiger partial charge in [-0.25, -0.2) is 0 Å². The molecule has 0 saturated heterocycles. The van der Waals surface area contributed by atoms with E-state index in [1.54, 1.807) is 0 Å². The highest BCUT2D eigenvalue weighted by Gasteiger charge is 2.42. The smallest absolute Gasteiger partial charge is 0.307 e. The van der Waals surface area contributed by atoms with Crippen LogP contribution in [-0.4, -0.2) is 16.9 Å². The summed E-state index contributed by atoms with van der Waals surface area (Å²) in [6.07, 6.45) is 2.28. The van der Waals surface area contributed by atoms with Crippen molar-refractivity contribution < 1.29 is 14.7 Å². The SMILES string of the molecule is CCC1CC(C(=O)O)C(C(=O)c2c(C)cc(C)cc2C)C1. The van der Waals surface area contributed by atoms with Gasteiger partial charge in [-0.15, -0.1) is 0 Å². The van der Waals surface area contributed by atoms with E-state index in [0.717, 1.165) is 28.7 Å². The minimum absolute atomic E-state index is 0.0216. The minimum Gasteiger partial charge on any atom is -0.481 e.